The second-order valence-electron chi connectivity index (χ2n) is 5.65. The fourth-order valence-corrected chi connectivity index (χ4v) is 3.03. The molecule has 2 unspecified atom stereocenters. The van der Waals surface area contributed by atoms with Crippen molar-refractivity contribution in [2.75, 3.05) is 18.6 Å². The molecule has 4 nitrogen and oxygen atoms in total. The van der Waals surface area contributed by atoms with Crippen molar-refractivity contribution >= 4 is 11.7 Å². The molecule has 110 valence electrons. The zero-order valence-electron chi connectivity index (χ0n) is 12.6. The summed E-state index contributed by atoms with van der Waals surface area (Å²) in [6.45, 7) is 6.74. The van der Waals surface area contributed by atoms with Crippen LogP contribution in [0.25, 0.3) is 0 Å². The first-order chi connectivity index (χ1) is 9.49. The van der Waals surface area contributed by atoms with E-state index < -0.39 is 11.7 Å². The molecule has 0 radical (unpaired) electrons. The van der Waals surface area contributed by atoms with Gasteiger partial charge in [0.05, 0.1) is 25.3 Å². The van der Waals surface area contributed by atoms with E-state index in [9.17, 15) is 4.79 Å². The number of rotatable bonds is 3. The third-order valence-corrected chi connectivity index (χ3v) is 3.93. The Kier molecular flexibility index (Phi) is 4.33. The average Bonchev–Trinajstić information content (AvgIpc) is 2.45. The molecule has 0 spiro atoms. The molecule has 0 aliphatic carbocycles. The van der Waals surface area contributed by atoms with E-state index >= 15 is 0 Å². The Hall–Kier alpha value is -1.55. The molecule has 0 aromatic heterocycles. The van der Waals surface area contributed by atoms with Gasteiger partial charge in [0.1, 0.15) is 0 Å². The van der Waals surface area contributed by atoms with Gasteiger partial charge in [-0.3, -0.25) is 0 Å². The highest BCUT2D eigenvalue weighted by molar-refractivity contribution is 5.76. The lowest BCUT2D eigenvalue weighted by molar-refractivity contribution is -0.172. The summed E-state index contributed by atoms with van der Waals surface area (Å²) in [6, 6.07) is 10.4. The molecule has 0 amide bonds. The first kappa shape index (κ1) is 14.9. The molecule has 4 heteroatoms. The Morgan fingerprint density at radius 1 is 1.40 bits per heavy atom. The molecule has 2 rings (SSSR count). The smallest absolute Gasteiger partial charge is 0.336 e. The lowest BCUT2D eigenvalue weighted by Crippen LogP contribution is -2.61. The summed E-state index contributed by atoms with van der Waals surface area (Å²) in [5.74, 6) is -0.312. The molecular formula is C16H23NO3. The minimum atomic E-state index is -0.544. The number of hydrogen-bond donors (Lipinski definition) is 0. The maximum Gasteiger partial charge on any atom is 0.336 e. The topological polar surface area (TPSA) is 38.8 Å². The monoisotopic (exact) mass is 277 g/mol. The van der Waals surface area contributed by atoms with E-state index in [-0.39, 0.29) is 12.0 Å². The number of para-hydroxylation sites is 1. The number of carbonyl (C=O) groups is 1. The Morgan fingerprint density at radius 3 is 2.60 bits per heavy atom. The zero-order valence-corrected chi connectivity index (χ0v) is 12.6. The van der Waals surface area contributed by atoms with Crippen molar-refractivity contribution in [3.05, 3.63) is 30.3 Å². The molecule has 1 fully saturated rings. The number of benzene rings is 1. The fourth-order valence-electron chi connectivity index (χ4n) is 3.03. The van der Waals surface area contributed by atoms with Crippen LogP contribution in [0.15, 0.2) is 30.3 Å². The summed E-state index contributed by atoms with van der Waals surface area (Å²) in [5.41, 5.74) is 0.714. The highest BCUT2D eigenvalue weighted by atomic mass is 16.6. The molecule has 2 atom stereocenters. The standard InChI is InChI=1S/C16H23NO3/c1-5-14-16(2,3)20-13(15(18)19-4)11-17(14)12-9-7-6-8-10-12/h6-10,13-14H,5,11H2,1-4H3. The van der Waals surface area contributed by atoms with Gasteiger partial charge in [-0.2, -0.15) is 0 Å². The number of esters is 1. The second kappa shape index (κ2) is 5.83. The fraction of sp³-hybridized carbons (Fsp3) is 0.562. The van der Waals surface area contributed by atoms with Crippen LogP contribution in [-0.2, 0) is 14.3 Å². The normalized spacial score (nSPS) is 25.3. The lowest BCUT2D eigenvalue weighted by Gasteiger charge is -2.49. The van der Waals surface area contributed by atoms with E-state index in [0.29, 0.717) is 6.54 Å². The van der Waals surface area contributed by atoms with Crippen molar-refractivity contribution < 1.29 is 14.3 Å². The van der Waals surface area contributed by atoms with E-state index in [1.54, 1.807) is 0 Å². The number of nitrogens with zero attached hydrogens (tertiary/aromatic N) is 1. The minimum absolute atomic E-state index is 0.228. The van der Waals surface area contributed by atoms with Gasteiger partial charge in [-0.25, -0.2) is 4.79 Å². The third-order valence-electron chi connectivity index (χ3n) is 3.93. The SMILES string of the molecule is CCC1N(c2ccccc2)CC(C(=O)OC)OC1(C)C. The van der Waals surface area contributed by atoms with Crippen LogP contribution in [0.4, 0.5) is 5.69 Å². The number of methoxy groups -OCH3 is 1. The van der Waals surface area contributed by atoms with Gasteiger partial charge >= 0.3 is 5.97 Å². The molecule has 1 heterocycles. The first-order valence-electron chi connectivity index (χ1n) is 7.07. The average molecular weight is 277 g/mol. The summed E-state index contributed by atoms with van der Waals surface area (Å²) < 4.78 is 10.8. The van der Waals surface area contributed by atoms with Crippen LogP contribution < -0.4 is 4.90 Å². The van der Waals surface area contributed by atoms with E-state index in [1.807, 2.05) is 32.0 Å². The quantitative estimate of drug-likeness (QED) is 0.796. The van der Waals surface area contributed by atoms with Crippen LogP contribution in [0.3, 0.4) is 0 Å². The maximum atomic E-state index is 11.9. The number of anilines is 1. The molecule has 1 aliphatic heterocycles. The summed E-state index contributed by atoms with van der Waals surface area (Å²) in [7, 11) is 1.40. The molecule has 1 saturated heterocycles. The first-order valence-corrected chi connectivity index (χ1v) is 7.07. The Labute approximate surface area is 120 Å². The van der Waals surface area contributed by atoms with Crippen molar-refractivity contribution in [3.63, 3.8) is 0 Å². The van der Waals surface area contributed by atoms with Crippen LogP contribution in [0, 0.1) is 0 Å². The molecule has 20 heavy (non-hydrogen) atoms. The highest BCUT2D eigenvalue weighted by Gasteiger charge is 2.44. The summed E-state index contributed by atoms with van der Waals surface area (Å²) in [6.07, 6.45) is 0.411. The van der Waals surface area contributed by atoms with Crippen molar-refractivity contribution in [3.8, 4) is 0 Å². The molecular weight excluding hydrogens is 254 g/mol. The number of morpholine rings is 1. The molecule has 1 aromatic rings. The number of carbonyl (C=O) groups excluding carboxylic acids is 1. The van der Waals surface area contributed by atoms with Crippen LogP contribution in [0.1, 0.15) is 27.2 Å². The van der Waals surface area contributed by atoms with Gasteiger partial charge in [0.2, 0.25) is 0 Å². The van der Waals surface area contributed by atoms with Crippen LogP contribution >= 0.6 is 0 Å². The van der Waals surface area contributed by atoms with E-state index in [4.69, 9.17) is 9.47 Å². The van der Waals surface area contributed by atoms with Crippen molar-refractivity contribution in [1.29, 1.82) is 0 Å². The van der Waals surface area contributed by atoms with Crippen molar-refractivity contribution in [1.82, 2.24) is 0 Å². The molecule has 1 aliphatic rings. The predicted octanol–water partition coefficient (Wildman–Crippen LogP) is 2.62. The van der Waals surface area contributed by atoms with Crippen LogP contribution in [0.2, 0.25) is 0 Å². The van der Waals surface area contributed by atoms with Gasteiger partial charge in [0.25, 0.3) is 0 Å². The van der Waals surface area contributed by atoms with Gasteiger partial charge < -0.3 is 14.4 Å². The molecule has 0 N–H and O–H groups in total. The van der Waals surface area contributed by atoms with E-state index in [0.717, 1.165) is 12.1 Å². The summed E-state index contributed by atoms with van der Waals surface area (Å²) in [4.78, 5) is 14.1. The zero-order chi connectivity index (χ0) is 14.8. The van der Waals surface area contributed by atoms with Crippen LogP contribution in [-0.4, -0.2) is 37.4 Å². The van der Waals surface area contributed by atoms with Gasteiger partial charge in [0.15, 0.2) is 6.10 Å². The minimum Gasteiger partial charge on any atom is -0.467 e. The predicted molar refractivity (Wildman–Crippen MR) is 78.8 cm³/mol. The van der Waals surface area contributed by atoms with Crippen LogP contribution in [0.5, 0.6) is 0 Å². The van der Waals surface area contributed by atoms with Crippen molar-refractivity contribution in [2.45, 2.75) is 44.9 Å². The Morgan fingerprint density at radius 2 is 2.05 bits per heavy atom. The summed E-state index contributed by atoms with van der Waals surface area (Å²) in [5, 5.41) is 0. The maximum absolute atomic E-state index is 11.9. The van der Waals surface area contributed by atoms with Gasteiger partial charge in [-0.1, -0.05) is 25.1 Å². The Bertz CT molecular complexity index is 458. The summed E-state index contributed by atoms with van der Waals surface area (Å²) >= 11 is 0. The molecule has 1 aromatic carbocycles. The largest absolute Gasteiger partial charge is 0.467 e. The van der Waals surface area contributed by atoms with E-state index in [1.165, 1.54) is 7.11 Å². The van der Waals surface area contributed by atoms with Gasteiger partial charge in [-0.05, 0) is 32.4 Å². The lowest BCUT2D eigenvalue weighted by atomic mass is 9.91. The third kappa shape index (κ3) is 2.80. The van der Waals surface area contributed by atoms with Gasteiger partial charge in [0, 0.05) is 5.69 Å². The highest BCUT2D eigenvalue weighted by Crippen LogP contribution is 2.33. The molecule has 0 saturated carbocycles. The van der Waals surface area contributed by atoms with Crippen molar-refractivity contribution in [2.24, 2.45) is 0 Å². The van der Waals surface area contributed by atoms with Gasteiger partial charge in [-0.15, -0.1) is 0 Å². The number of hydrogen-bond acceptors (Lipinski definition) is 4. The Balaban J connectivity index is 2.33. The molecule has 0 bridgehead atoms. The van der Waals surface area contributed by atoms with E-state index in [2.05, 4.69) is 24.0 Å². The number of ether oxygens (including phenoxy) is 2. The second-order valence-corrected chi connectivity index (χ2v) is 5.65.